The average molecular weight is 281 g/mol. The molecule has 0 amide bonds. The normalized spacial score (nSPS) is 10.6. The summed E-state index contributed by atoms with van der Waals surface area (Å²) in [6.07, 6.45) is 0. The molecule has 1 heterocycles. The fourth-order valence-corrected chi connectivity index (χ4v) is 2.04. The second kappa shape index (κ2) is 5.32. The molecule has 0 aliphatic carbocycles. The van der Waals surface area contributed by atoms with Crippen LogP contribution in [0.5, 0.6) is 5.75 Å². The molecule has 0 unspecified atom stereocenters. The molecule has 0 radical (unpaired) electrons. The van der Waals surface area contributed by atoms with E-state index in [-0.39, 0.29) is 0 Å². The Bertz CT molecular complexity index is 813. The van der Waals surface area contributed by atoms with E-state index in [4.69, 9.17) is 4.74 Å². The Morgan fingerprint density at radius 2 is 1.81 bits per heavy atom. The molecule has 0 spiro atoms. The fourth-order valence-electron chi connectivity index (χ4n) is 2.04. The van der Waals surface area contributed by atoms with Gasteiger partial charge in [0.25, 0.3) is 0 Å². The monoisotopic (exact) mass is 281 g/mol. The number of benzene rings is 2. The number of aromatic nitrogens is 1. The number of halogens is 1. The van der Waals surface area contributed by atoms with Crippen molar-refractivity contribution in [3.63, 3.8) is 0 Å². The smallest absolute Gasteiger partial charge is 0.343 e. The molecule has 0 N–H and O–H groups in total. The molecule has 21 heavy (non-hydrogen) atoms. The van der Waals surface area contributed by atoms with E-state index in [1.807, 2.05) is 25.1 Å². The van der Waals surface area contributed by atoms with Crippen molar-refractivity contribution in [2.24, 2.45) is 0 Å². The van der Waals surface area contributed by atoms with Crippen LogP contribution in [-0.4, -0.2) is 11.0 Å². The van der Waals surface area contributed by atoms with Gasteiger partial charge in [-0.3, -0.25) is 0 Å². The number of carbonyl (C=O) groups is 1. The molecule has 0 atom stereocenters. The molecule has 0 aliphatic rings. The molecule has 0 fully saturated rings. The van der Waals surface area contributed by atoms with E-state index < -0.39 is 11.8 Å². The van der Waals surface area contributed by atoms with Gasteiger partial charge >= 0.3 is 5.97 Å². The van der Waals surface area contributed by atoms with Crippen molar-refractivity contribution in [2.45, 2.75) is 6.92 Å². The number of rotatable bonds is 2. The Labute approximate surface area is 121 Å². The second-order valence-corrected chi connectivity index (χ2v) is 4.68. The van der Waals surface area contributed by atoms with Crippen molar-refractivity contribution < 1.29 is 13.9 Å². The maximum absolute atomic E-state index is 12.9. The molecular formula is C17H12FNO2. The zero-order valence-electron chi connectivity index (χ0n) is 11.3. The van der Waals surface area contributed by atoms with Crippen LogP contribution >= 0.6 is 0 Å². The lowest BCUT2D eigenvalue weighted by Crippen LogP contribution is -2.09. The van der Waals surface area contributed by atoms with E-state index in [1.54, 1.807) is 12.1 Å². The predicted octanol–water partition coefficient (Wildman–Crippen LogP) is 3.90. The van der Waals surface area contributed by atoms with Crippen LogP contribution in [0.4, 0.5) is 4.39 Å². The minimum absolute atomic E-state index is 0.293. The van der Waals surface area contributed by atoms with E-state index in [1.165, 1.54) is 24.3 Å². The highest BCUT2D eigenvalue weighted by atomic mass is 19.1. The summed E-state index contributed by atoms with van der Waals surface area (Å²) in [5.74, 6) is -0.537. The van der Waals surface area contributed by atoms with Gasteiger partial charge in [-0.1, -0.05) is 18.2 Å². The second-order valence-electron chi connectivity index (χ2n) is 4.68. The Kier molecular flexibility index (Phi) is 3.36. The summed E-state index contributed by atoms with van der Waals surface area (Å²) in [5, 5.41) is 0.894. The topological polar surface area (TPSA) is 39.2 Å². The molecule has 0 aliphatic heterocycles. The maximum atomic E-state index is 12.9. The number of ether oxygens (including phenoxy) is 1. The molecular weight excluding hydrogens is 269 g/mol. The number of esters is 1. The summed E-state index contributed by atoms with van der Waals surface area (Å²) in [6.45, 7) is 1.87. The van der Waals surface area contributed by atoms with Gasteiger partial charge in [0, 0.05) is 11.1 Å². The number of aryl methyl sites for hydroxylation is 1. The van der Waals surface area contributed by atoms with Gasteiger partial charge in [0.1, 0.15) is 11.3 Å². The molecule has 0 saturated carbocycles. The molecule has 3 rings (SSSR count). The summed E-state index contributed by atoms with van der Waals surface area (Å²) in [6, 6.07) is 14.4. The number of fused-ring (bicyclic) bond motifs is 1. The first-order valence-corrected chi connectivity index (χ1v) is 6.47. The molecule has 1 aromatic heterocycles. The molecule has 0 saturated heterocycles. The third-order valence-electron chi connectivity index (χ3n) is 3.11. The van der Waals surface area contributed by atoms with Crippen molar-refractivity contribution in [1.29, 1.82) is 0 Å². The lowest BCUT2D eigenvalue weighted by Gasteiger charge is -2.07. The summed E-state index contributed by atoms with van der Waals surface area (Å²) in [5.41, 5.74) is 1.77. The van der Waals surface area contributed by atoms with Gasteiger partial charge < -0.3 is 4.74 Å². The van der Waals surface area contributed by atoms with Crippen molar-refractivity contribution >= 4 is 16.9 Å². The van der Waals surface area contributed by atoms with E-state index in [9.17, 15) is 9.18 Å². The zero-order chi connectivity index (χ0) is 14.8. The highest BCUT2D eigenvalue weighted by Crippen LogP contribution is 2.24. The Balaban J connectivity index is 1.96. The van der Waals surface area contributed by atoms with Gasteiger partial charge in [-0.15, -0.1) is 0 Å². The largest absolute Gasteiger partial charge is 0.421 e. The SMILES string of the molecule is Cc1ccc2cccc(OC(=O)c3ccc(F)cc3)c2n1. The summed E-state index contributed by atoms with van der Waals surface area (Å²) in [4.78, 5) is 16.5. The third-order valence-corrected chi connectivity index (χ3v) is 3.11. The maximum Gasteiger partial charge on any atom is 0.343 e. The number of nitrogens with zero attached hydrogens (tertiary/aromatic N) is 1. The van der Waals surface area contributed by atoms with Crippen LogP contribution in [0.25, 0.3) is 10.9 Å². The summed E-state index contributed by atoms with van der Waals surface area (Å²) >= 11 is 0. The Morgan fingerprint density at radius 1 is 1.05 bits per heavy atom. The summed E-state index contributed by atoms with van der Waals surface area (Å²) < 4.78 is 18.3. The van der Waals surface area contributed by atoms with Crippen molar-refractivity contribution in [1.82, 2.24) is 4.98 Å². The van der Waals surface area contributed by atoms with E-state index in [0.29, 0.717) is 16.8 Å². The molecule has 2 aromatic carbocycles. The average Bonchev–Trinajstić information content (AvgIpc) is 2.48. The quantitative estimate of drug-likeness (QED) is 0.528. The van der Waals surface area contributed by atoms with Gasteiger partial charge in [0.15, 0.2) is 5.75 Å². The van der Waals surface area contributed by atoms with Crippen molar-refractivity contribution in [2.75, 3.05) is 0 Å². The first kappa shape index (κ1) is 13.2. The van der Waals surface area contributed by atoms with Crippen molar-refractivity contribution in [3.8, 4) is 5.75 Å². The molecule has 104 valence electrons. The number of para-hydroxylation sites is 1. The minimum atomic E-state index is -0.536. The lowest BCUT2D eigenvalue weighted by atomic mass is 10.2. The predicted molar refractivity (Wildman–Crippen MR) is 77.8 cm³/mol. The minimum Gasteiger partial charge on any atom is -0.421 e. The van der Waals surface area contributed by atoms with E-state index in [0.717, 1.165) is 11.1 Å². The van der Waals surface area contributed by atoms with Crippen LogP contribution in [0.3, 0.4) is 0 Å². The first-order chi connectivity index (χ1) is 10.1. The van der Waals surface area contributed by atoms with Crippen molar-refractivity contribution in [3.05, 3.63) is 71.7 Å². The Morgan fingerprint density at radius 3 is 2.57 bits per heavy atom. The molecule has 0 bridgehead atoms. The van der Waals surface area contributed by atoms with Crippen LogP contribution in [-0.2, 0) is 0 Å². The zero-order valence-corrected chi connectivity index (χ0v) is 11.3. The van der Waals surface area contributed by atoms with Crippen LogP contribution in [0.15, 0.2) is 54.6 Å². The highest BCUT2D eigenvalue weighted by Gasteiger charge is 2.11. The molecule has 4 heteroatoms. The summed E-state index contributed by atoms with van der Waals surface area (Å²) in [7, 11) is 0. The standard InChI is InChI=1S/C17H12FNO2/c1-11-5-6-12-3-2-4-15(16(12)19-11)21-17(20)13-7-9-14(18)10-8-13/h2-10H,1H3. The van der Waals surface area contributed by atoms with E-state index in [2.05, 4.69) is 4.98 Å². The first-order valence-electron chi connectivity index (χ1n) is 6.47. The number of pyridine rings is 1. The Hall–Kier alpha value is -2.75. The fraction of sp³-hybridized carbons (Fsp3) is 0.0588. The highest BCUT2D eigenvalue weighted by molar-refractivity contribution is 5.94. The van der Waals surface area contributed by atoms with Gasteiger partial charge in [0.2, 0.25) is 0 Å². The lowest BCUT2D eigenvalue weighted by molar-refractivity contribution is 0.0736. The molecule has 3 aromatic rings. The van der Waals surface area contributed by atoms with Crippen LogP contribution in [0.2, 0.25) is 0 Å². The van der Waals surface area contributed by atoms with Gasteiger partial charge in [-0.25, -0.2) is 14.2 Å². The third kappa shape index (κ3) is 2.74. The van der Waals surface area contributed by atoms with Crippen LogP contribution < -0.4 is 4.74 Å². The van der Waals surface area contributed by atoms with Gasteiger partial charge in [-0.2, -0.15) is 0 Å². The number of hydrogen-bond acceptors (Lipinski definition) is 3. The van der Waals surface area contributed by atoms with E-state index >= 15 is 0 Å². The van der Waals surface area contributed by atoms with Gasteiger partial charge in [-0.05, 0) is 43.3 Å². The van der Waals surface area contributed by atoms with Gasteiger partial charge in [0.05, 0.1) is 5.56 Å². The van der Waals surface area contributed by atoms with Crippen LogP contribution in [0, 0.1) is 12.7 Å². The number of carbonyl (C=O) groups excluding carboxylic acids is 1. The van der Waals surface area contributed by atoms with Crippen LogP contribution in [0.1, 0.15) is 16.1 Å². The molecule has 3 nitrogen and oxygen atoms in total. The number of hydrogen-bond donors (Lipinski definition) is 0.